The second-order valence-electron chi connectivity index (χ2n) is 5.72. The van der Waals surface area contributed by atoms with Gasteiger partial charge in [-0.1, -0.05) is 25.5 Å². The van der Waals surface area contributed by atoms with Crippen LogP contribution >= 0.6 is 0 Å². The average molecular weight is 238 g/mol. The van der Waals surface area contributed by atoms with Crippen LogP contribution in [0.2, 0.25) is 0 Å². The highest BCUT2D eigenvalue weighted by molar-refractivity contribution is 5.25. The number of hydrogen-bond acceptors (Lipinski definition) is 2. The van der Waals surface area contributed by atoms with Crippen LogP contribution in [0.3, 0.4) is 0 Å². The highest BCUT2D eigenvalue weighted by Crippen LogP contribution is 2.53. The van der Waals surface area contributed by atoms with Gasteiger partial charge in [0.15, 0.2) is 0 Å². The van der Waals surface area contributed by atoms with E-state index in [1.807, 2.05) is 14.2 Å². The first-order valence-electron chi connectivity index (χ1n) is 6.92. The van der Waals surface area contributed by atoms with E-state index in [1.165, 1.54) is 12.8 Å². The van der Waals surface area contributed by atoms with Gasteiger partial charge < -0.3 is 9.47 Å². The topological polar surface area (TPSA) is 18.5 Å². The van der Waals surface area contributed by atoms with E-state index in [1.54, 1.807) is 5.57 Å². The quantitative estimate of drug-likeness (QED) is 0.662. The molecule has 2 aliphatic rings. The molecular formula is C15H26O2. The average Bonchev–Trinajstić information content (AvgIpc) is 2.89. The third-order valence-corrected chi connectivity index (χ3v) is 4.88. The van der Waals surface area contributed by atoms with Crippen molar-refractivity contribution in [1.29, 1.82) is 0 Å². The van der Waals surface area contributed by atoms with Crippen LogP contribution in [0, 0.1) is 29.6 Å². The van der Waals surface area contributed by atoms with Gasteiger partial charge in [-0.05, 0) is 42.4 Å². The minimum atomic E-state index is 0.678. The largest absolute Gasteiger partial charge is 0.384 e. The fraction of sp³-hybridized carbons (Fsp3) is 0.867. The van der Waals surface area contributed by atoms with Crippen molar-refractivity contribution >= 4 is 0 Å². The molecule has 17 heavy (non-hydrogen) atoms. The predicted octanol–water partition coefficient (Wildman–Crippen LogP) is 3.13. The molecule has 2 nitrogen and oxygen atoms in total. The molecule has 0 radical (unpaired) electrons. The second-order valence-corrected chi connectivity index (χ2v) is 5.72. The SMILES string of the molecule is CCC(C)C1=C[C@@H]2C[C@H]1[C@H](COC)[C@@H]2COC. The van der Waals surface area contributed by atoms with Crippen molar-refractivity contribution < 1.29 is 9.47 Å². The zero-order chi connectivity index (χ0) is 12.4. The van der Waals surface area contributed by atoms with Gasteiger partial charge in [0.2, 0.25) is 0 Å². The lowest BCUT2D eigenvalue weighted by Crippen LogP contribution is -2.30. The number of fused-ring (bicyclic) bond motifs is 2. The van der Waals surface area contributed by atoms with Gasteiger partial charge in [-0.3, -0.25) is 0 Å². The summed E-state index contributed by atoms with van der Waals surface area (Å²) in [4.78, 5) is 0. The first-order valence-corrected chi connectivity index (χ1v) is 6.92. The van der Waals surface area contributed by atoms with E-state index in [2.05, 4.69) is 19.9 Å². The van der Waals surface area contributed by atoms with Crippen molar-refractivity contribution in [1.82, 2.24) is 0 Å². The molecule has 0 aromatic carbocycles. The summed E-state index contributed by atoms with van der Waals surface area (Å²) in [5.41, 5.74) is 1.70. The van der Waals surface area contributed by atoms with Gasteiger partial charge in [0.25, 0.3) is 0 Å². The summed E-state index contributed by atoms with van der Waals surface area (Å²) in [5, 5.41) is 0. The Balaban J connectivity index is 2.13. The van der Waals surface area contributed by atoms with Crippen LogP contribution in [-0.2, 0) is 9.47 Å². The van der Waals surface area contributed by atoms with Crippen LogP contribution in [0.25, 0.3) is 0 Å². The monoisotopic (exact) mass is 238 g/mol. The van der Waals surface area contributed by atoms with Crippen molar-refractivity contribution in [3.63, 3.8) is 0 Å². The van der Waals surface area contributed by atoms with Crippen LogP contribution in [0.5, 0.6) is 0 Å². The Morgan fingerprint density at radius 1 is 1.24 bits per heavy atom. The third-order valence-electron chi connectivity index (χ3n) is 4.88. The summed E-state index contributed by atoms with van der Waals surface area (Å²) >= 11 is 0. The molecule has 0 spiro atoms. The van der Waals surface area contributed by atoms with Crippen LogP contribution in [0.4, 0.5) is 0 Å². The molecule has 0 amide bonds. The predicted molar refractivity (Wildman–Crippen MR) is 69.9 cm³/mol. The molecular weight excluding hydrogens is 212 g/mol. The van der Waals surface area contributed by atoms with E-state index in [4.69, 9.17) is 9.47 Å². The van der Waals surface area contributed by atoms with E-state index >= 15 is 0 Å². The lowest BCUT2D eigenvalue weighted by molar-refractivity contribution is 0.0610. The molecule has 2 aliphatic carbocycles. The first kappa shape index (κ1) is 13.1. The molecule has 0 aliphatic heterocycles. The van der Waals surface area contributed by atoms with E-state index < -0.39 is 0 Å². The van der Waals surface area contributed by atoms with Gasteiger partial charge >= 0.3 is 0 Å². The Kier molecular flexibility index (Phi) is 4.26. The van der Waals surface area contributed by atoms with Crippen LogP contribution in [0.15, 0.2) is 11.6 Å². The van der Waals surface area contributed by atoms with E-state index in [9.17, 15) is 0 Å². The van der Waals surface area contributed by atoms with Gasteiger partial charge in [-0.2, -0.15) is 0 Å². The summed E-state index contributed by atoms with van der Waals surface area (Å²) in [7, 11) is 3.64. The maximum atomic E-state index is 5.43. The number of allylic oxidation sites excluding steroid dienone is 2. The molecule has 1 fully saturated rings. The Hall–Kier alpha value is -0.340. The van der Waals surface area contributed by atoms with Crippen molar-refractivity contribution in [2.45, 2.75) is 26.7 Å². The fourth-order valence-electron chi connectivity index (χ4n) is 3.84. The van der Waals surface area contributed by atoms with E-state index in [-0.39, 0.29) is 0 Å². The van der Waals surface area contributed by atoms with Gasteiger partial charge in [0.1, 0.15) is 0 Å². The Morgan fingerprint density at radius 3 is 2.47 bits per heavy atom. The Bertz CT molecular complexity index is 285. The van der Waals surface area contributed by atoms with E-state index in [0.717, 1.165) is 31.0 Å². The molecule has 0 aromatic rings. The molecule has 1 saturated carbocycles. The maximum Gasteiger partial charge on any atom is 0.0499 e. The Labute approximate surface area is 105 Å². The van der Waals surface area contributed by atoms with Crippen molar-refractivity contribution in [3.05, 3.63) is 11.6 Å². The molecule has 0 N–H and O–H groups in total. The van der Waals surface area contributed by atoms with Gasteiger partial charge in [0, 0.05) is 27.4 Å². The minimum Gasteiger partial charge on any atom is -0.384 e. The molecule has 2 heteroatoms. The molecule has 0 saturated heterocycles. The molecule has 1 unspecified atom stereocenters. The first-order chi connectivity index (χ1) is 8.22. The number of ether oxygens (including phenoxy) is 2. The van der Waals surface area contributed by atoms with Gasteiger partial charge in [-0.15, -0.1) is 0 Å². The van der Waals surface area contributed by atoms with Crippen LogP contribution in [-0.4, -0.2) is 27.4 Å². The second kappa shape index (κ2) is 5.53. The number of rotatable bonds is 6. The molecule has 2 bridgehead atoms. The molecule has 0 heterocycles. The summed E-state index contributed by atoms with van der Waals surface area (Å²) in [6, 6.07) is 0. The lowest BCUT2D eigenvalue weighted by atomic mass is 9.76. The summed E-state index contributed by atoms with van der Waals surface area (Å²) in [6.07, 6.45) is 5.14. The maximum absolute atomic E-state index is 5.43. The number of methoxy groups -OCH3 is 2. The van der Waals surface area contributed by atoms with Gasteiger partial charge in [-0.25, -0.2) is 0 Å². The summed E-state index contributed by atoms with van der Waals surface area (Å²) in [5.74, 6) is 3.60. The number of hydrogen-bond donors (Lipinski definition) is 0. The fourth-order valence-corrected chi connectivity index (χ4v) is 3.84. The molecule has 2 rings (SSSR count). The molecule has 0 aromatic heterocycles. The van der Waals surface area contributed by atoms with Crippen LogP contribution < -0.4 is 0 Å². The smallest absolute Gasteiger partial charge is 0.0499 e. The zero-order valence-corrected chi connectivity index (χ0v) is 11.6. The summed E-state index contributed by atoms with van der Waals surface area (Å²) in [6.45, 7) is 6.43. The van der Waals surface area contributed by atoms with Crippen LogP contribution in [0.1, 0.15) is 26.7 Å². The summed E-state index contributed by atoms with van der Waals surface area (Å²) < 4.78 is 10.8. The normalized spacial score (nSPS) is 37.3. The Morgan fingerprint density at radius 2 is 1.88 bits per heavy atom. The third kappa shape index (κ3) is 2.30. The minimum absolute atomic E-state index is 0.678. The highest BCUT2D eigenvalue weighted by Gasteiger charge is 2.48. The van der Waals surface area contributed by atoms with Crippen molar-refractivity contribution in [2.75, 3.05) is 27.4 Å². The van der Waals surface area contributed by atoms with Gasteiger partial charge in [0.05, 0.1) is 0 Å². The van der Waals surface area contributed by atoms with E-state index in [0.29, 0.717) is 11.8 Å². The standard InChI is InChI=1S/C15H26O2/c1-5-10(2)12-6-11-7-13(12)15(9-17-4)14(11)8-16-3/h6,10-11,13-15H,5,7-9H2,1-4H3/t10?,11-,13-,14-,15+/m1/s1. The lowest BCUT2D eigenvalue weighted by Gasteiger charge is -2.32. The highest BCUT2D eigenvalue weighted by atomic mass is 16.5. The molecule has 98 valence electrons. The van der Waals surface area contributed by atoms with Crippen molar-refractivity contribution in [2.24, 2.45) is 29.6 Å². The molecule has 5 atom stereocenters. The van der Waals surface area contributed by atoms with Crippen molar-refractivity contribution in [3.8, 4) is 0 Å². The zero-order valence-electron chi connectivity index (χ0n) is 11.6.